The number of benzene rings is 1. The molecule has 0 aliphatic carbocycles. The zero-order valence-electron chi connectivity index (χ0n) is 22.8. The molecule has 1 aliphatic heterocycles. The first-order valence-corrected chi connectivity index (χ1v) is 14.6. The number of anilines is 1. The van der Waals surface area contributed by atoms with Gasteiger partial charge < -0.3 is 10.2 Å². The van der Waals surface area contributed by atoms with Gasteiger partial charge in [0.2, 0.25) is 0 Å². The third-order valence-electron chi connectivity index (χ3n) is 5.40. The van der Waals surface area contributed by atoms with Crippen molar-refractivity contribution in [2.75, 3.05) is 70.8 Å². The topological polar surface area (TPSA) is 64.6 Å². The van der Waals surface area contributed by atoms with Crippen LogP contribution in [0.5, 0.6) is 0 Å². The molecule has 1 aliphatic rings. The van der Waals surface area contributed by atoms with Crippen LogP contribution in [0.4, 0.5) is 5.82 Å². The van der Waals surface area contributed by atoms with Crippen molar-refractivity contribution in [1.82, 2.24) is 24.1 Å². The highest BCUT2D eigenvalue weighted by molar-refractivity contribution is 7.81. The van der Waals surface area contributed by atoms with Gasteiger partial charge in [-0.1, -0.05) is 37.3 Å². The summed E-state index contributed by atoms with van der Waals surface area (Å²) in [5.74, 6) is 2.40. The van der Waals surface area contributed by atoms with Crippen LogP contribution in [0.15, 0.2) is 49.1 Å². The van der Waals surface area contributed by atoms with Gasteiger partial charge in [-0.15, -0.1) is 18.2 Å². The minimum Gasteiger partial charge on any atom is -0.369 e. The largest absolute Gasteiger partial charge is 0.369 e. The second-order valence-electron chi connectivity index (χ2n) is 8.64. The van der Waals surface area contributed by atoms with Crippen LogP contribution in [0.1, 0.15) is 32.5 Å². The van der Waals surface area contributed by atoms with Crippen molar-refractivity contribution in [3.05, 3.63) is 54.9 Å². The molecule has 0 radical (unpaired) electrons. The lowest BCUT2D eigenvalue weighted by molar-refractivity contribution is 0.182. The van der Waals surface area contributed by atoms with Crippen LogP contribution in [0, 0.1) is 0 Å². The van der Waals surface area contributed by atoms with Crippen molar-refractivity contribution in [2.45, 2.75) is 33.2 Å². The number of hydrogen-bond acceptors (Lipinski definition) is 6. The summed E-state index contributed by atoms with van der Waals surface area (Å²) in [5.41, 5.74) is 0.978. The summed E-state index contributed by atoms with van der Waals surface area (Å²) < 4.78 is 13.6. The molecule has 36 heavy (non-hydrogen) atoms. The molecule has 1 aromatic carbocycles. The summed E-state index contributed by atoms with van der Waals surface area (Å²) in [5, 5.41) is 4.56. The van der Waals surface area contributed by atoms with Gasteiger partial charge in [-0.2, -0.15) is 0 Å². The Kier molecular flexibility index (Phi) is 17.3. The lowest BCUT2D eigenvalue weighted by Crippen LogP contribution is -2.46. The first-order valence-electron chi connectivity index (χ1n) is 12.6. The van der Waals surface area contributed by atoms with Crippen molar-refractivity contribution in [1.29, 1.82) is 0 Å². The average Bonchev–Trinajstić information content (AvgIpc) is 2.87. The quantitative estimate of drug-likeness (QED) is 0.267. The fourth-order valence-corrected chi connectivity index (χ4v) is 4.22. The molecule has 7 nitrogen and oxygen atoms in total. The van der Waals surface area contributed by atoms with Gasteiger partial charge in [-0.25, -0.2) is 18.5 Å². The maximum absolute atomic E-state index is 11.6. The van der Waals surface area contributed by atoms with E-state index in [1.807, 2.05) is 47.7 Å². The monoisotopic (exact) mass is 536 g/mol. The molecular weight excluding hydrogens is 492 g/mol. The van der Waals surface area contributed by atoms with Crippen molar-refractivity contribution in [2.24, 2.45) is 0 Å². The Morgan fingerprint density at radius 3 is 2.39 bits per heavy atom. The van der Waals surface area contributed by atoms with Gasteiger partial charge in [0, 0.05) is 50.2 Å². The minimum atomic E-state index is -0.882. The standard InChI is InChI=1S/C19H30N6OS.C4H7Cl.C4H8/c1-23(2)10-6-9-20-19-16-7-4-5-8-17(16)21-18(22-19)15-24-11-13-25(14-12-24)27(3)26;1-2-3-4-5;1-3-4-2/h4-5,7-8H,6,9-15H2,1-3H3,(H,20,21,22);2-3H,4H2,1H3;3H,1,4H2,2H3/b;3-2-;. The van der Waals surface area contributed by atoms with Gasteiger partial charge in [0.05, 0.1) is 23.0 Å². The lowest BCUT2D eigenvalue weighted by Gasteiger charge is -2.32. The van der Waals surface area contributed by atoms with Gasteiger partial charge in [0.15, 0.2) is 0 Å². The Bertz CT molecular complexity index is 932. The number of hydrogen-bond donors (Lipinski definition) is 1. The molecule has 1 fully saturated rings. The number of piperazine rings is 1. The summed E-state index contributed by atoms with van der Waals surface area (Å²) in [6, 6.07) is 8.16. The summed E-state index contributed by atoms with van der Waals surface area (Å²) in [6.07, 6.45) is 9.59. The van der Waals surface area contributed by atoms with Crippen LogP contribution in [0.25, 0.3) is 10.9 Å². The van der Waals surface area contributed by atoms with Gasteiger partial charge in [-0.05, 0) is 52.5 Å². The van der Waals surface area contributed by atoms with Gasteiger partial charge >= 0.3 is 0 Å². The Labute approximate surface area is 226 Å². The van der Waals surface area contributed by atoms with Crippen molar-refractivity contribution >= 4 is 39.3 Å². The first-order chi connectivity index (χ1) is 17.4. The Balaban J connectivity index is 0.000000620. The molecule has 2 aromatic rings. The Morgan fingerprint density at radius 2 is 1.86 bits per heavy atom. The number of aromatic nitrogens is 2. The number of nitrogens with one attached hydrogen (secondary N) is 1. The Morgan fingerprint density at radius 1 is 1.19 bits per heavy atom. The summed E-state index contributed by atoms with van der Waals surface area (Å²) in [7, 11) is 3.30. The number of alkyl halides is 1. The predicted molar refractivity (Wildman–Crippen MR) is 158 cm³/mol. The van der Waals surface area contributed by atoms with Crippen LogP contribution in [-0.2, 0) is 17.5 Å². The SMILES string of the molecule is C/C=C\CCl.C=CCC.CN(C)CCCNc1nc(CN2CCN(S(C)=O)CC2)nc2ccccc12. The minimum absolute atomic E-state index is 0.635. The fraction of sp³-hybridized carbons (Fsp3) is 0.556. The van der Waals surface area contributed by atoms with Crippen LogP contribution < -0.4 is 5.32 Å². The van der Waals surface area contributed by atoms with E-state index < -0.39 is 11.0 Å². The normalized spacial score (nSPS) is 15.2. The van der Waals surface area contributed by atoms with E-state index in [4.69, 9.17) is 21.6 Å². The fourth-order valence-electron chi connectivity index (χ4n) is 3.37. The highest BCUT2D eigenvalue weighted by Gasteiger charge is 2.20. The van der Waals surface area contributed by atoms with E-state index in [2.05, 4.69) is 48.8 Å². The van der Waals surface area contributed by atoms with E-state index in [1.165, 1.54) is 0 Å². The molecular formula is C27H45ClN6OS. The molecule has 1 saturated heterocycles. The lowest BCUT2D eigenvalue weighted by atomic mass is 10.2. The van der Waals surface area contributed by atoms with E-state index in [-0.39, 0.29) is 0 Å². The third kappa shape index (κ3) is 12.9. The van der Waals surface area contributed by atoms with Gasteiger partial charge in [-0.3, -0.25) is 4.90 Å². The predicted octanol–water partition coefficient (Wildman–Crippen LogP) is 4.79. The highest BCUT2D eigenvalue weighted by Crippen LogP contribution is 2.21. The van der Waals surface area contributed by atoms with E-state index in [0.717, 1.165) is 81.2 Å². The Hall–Kier alpha value is -1.84. The molecule has 1 atom stereocenters. The van der Waals surface area contributed by atoms with Crippen LogP contribution >= 0.6 is 11.6 Å². The smallest absolute Gasteiger partial charge is 0.145 e. The maximum Gasteiger partial charge on any atom is 0.145 e. The number of halogens is 1. The summed E-state index contributed by atoms with van der Waals surface area (Å²) >= 11 is 5.21. The van der Waals surface area contributed by atoms with E-state index >= 15 is 0 Å². The summed E-state index contributed by atoms with van der Waals surface area (Å²) in [6.45, 7) is 13.6. The molecule has 9 heteroatoms. The molecule has 202 valence electrons. The second kappa shape index (κ2) is 19.3. The molecule has 1 aromatic heterocycles. The van der Waals surface area contributed by atoms with Crippen molar-refractivity contribution < 1.29 is 4.21 Å². The number of rotatable bonds is 10. The van der Waals surface area contributed by atoms with Crippen LogP contribution in [0.3, 0.4) is 0 Å². The first kappa shape index (κ1) is 32.2. The molecule has 3 rings (SSSR count). The van der Waals surface area contributed by atoms with Crippen LogP contribution in [-0.4, -0.2) is 93.8 Å². The zero-order valence-corrected chi connectivity index (χ0v) is 24.3. The zero-order chi connectivity index (χ0) is 26.8. The number of fused-ring (bicyclic) bond motifs is 1. The molecule has 0 spiro atoms. The molecule has 1 N–H and O–H groups in total. The molecule has 1 unspecified atom stereocenters. The average molecular weight is 537 g/mol. The molecule has 0 bridgehead atoms. The number of para-hydroxylation sites is 1. The van der Waals surface area contributed by atoms with Gasteiger partial charge in [0.1, 0.15) is 11.6 Å². The summed E-state index contributed by atoms with van der Waals surface area (Å²) in [4.78, 5) is 14.1. The van der Waals surface area contributed by atoms with Crippen LogP contribution in [0.2, 0.25) is 0 Å². The molecule has 0 saturated carbocycles. The third-order valence-corrected chi connectivity index (χ3v) is 6.67. The number of allylic oxidation sites excluding steroid dienone is 3. The van der Waals surface area contributed by atoms with Crippen molar-refractivity contribution in [3.8, 4) is 0 Å². The molecule has 2 heterocycles. The number of nitrogens with zero attached hydrogens (tertiary/aromatic N) is 5. The van der Waals surface area contributed by atoms with E-state index in [9.17, 15) is 4.21 Å². The van der Waals surface area contributed by atoms with E-state index in [1.54, 1.807) is 6.26 Å². The van der Waals surface area contributed by atoms with Gasteiger partial charge in [0.25, 0.3) is 0 Å². The molecule has 0 amide bonds. The van der Waals surface area contributed by atoms with Crippen molar-refractivity contribution in [3.63, 3.8) is 0 Å². The maximum atomic E-state index is 11.6. The second-order valence-corrected chi connectivity index (χ2v) is 10.3. The van der Waals surface area contributed by atoms with E-state index in [0.29, 0.717) is 5.88 Å². The highest BCUT2D eigenvalue weighted by atomic mass is 35.5.